The van der Waals surface area contributed by atoms with E-state index in [-0.39, 0.29) is 12.5 Å². The average molecular weight is 354 g/mol. The van der Waals surface area contributed by atoms with Crippen molar-refractivity contribution >= 4 is 29.1 Å². The van der Waals surface area contributed by atoms with Crippen molar-refractivity contribution in [1.82, 2.24) is 5.32 Å². The van der Waals surface area contributed by atoms with E-state index in [4.69, 9.17) is 32.7 Å². The van der Waals surface area contributed by atoms with E-state index < -0.39 is 0 Å². The zero-order valence-electron chi connectivity index (χ0n) is 12.6. The lowest BCUT2D eigenvalue weighted by molar-refractivity contribution is -0.123. The van der Waals surface area contributed by atoms with Crippen molar-refractivity contribution in [3.05, 3.63) is 58.1 Å². The molecule has 1 N–H and O–H groups in total. The second kappa shape index (κ2) is 8.65. The summed E-state index contributed by atoms with van der Waals surface area (Å²) in [5.41, 5.74) is 0.904. The maximum absolute atomic E-state index is 11.7. The number of hydrogen-bond acceptors (Lipinski definition) is 3. The van der Waals surface area contributed by atoms with Crippen molar-refractivity contribution < 1.29 is 14.3 Å². The van der Waals surface area contributed by atoms with Crippen LogP contribution in [0.5, 0.6) is 11.5 Å². The molecule has 4 nitrogen and oxygen atoms in total. The quantitative estimate of drug-likeness (QED) is 0.768. The highest BCUT2D eigenvalue weighted by atomic mass is 35.5. The molecule has 2 rings (SSSR count). The Morgan fingerprint density at radius 3 is 2.43 bits per heavy atom. The summed E-state index contributed by atoms with van der Waals surface area (Å²) in [6, 6.07) is 12.3. The fourth-order valence-corrected chi connectivity index (χ4v) is 2.04. The summed E-state index contributed by atoms with van der Waals surface area (Å²) >= 11 is 11.7. The largest absolute Gasteiger partial charge is 0.492 e. The Hall–Kier alpha value is -1.91. The molecule has 2 aromatic carbocycles. The fraction of sp³-hybridized carbons (Fsp3) is 0.235. The molecule has 0 aliphatic heterocycles. The van der Waals surface area contributed by atoms with Crippen LogP contribution in [0.1, 0.15) is 5.56 Å². The molecule has 6 heteroatoms. The lowest BCUT2D eigenvalue weighted by atomic mass is 10.2. The van der Waals surface area contributed by atoms with Crippen molar-refractivity contribution in [2.24, 2.45) is 0 Å². The highest BCUT2D eigenvalue weighted by Crippen LogP contribution is 2.20. The second-order valence-corrected chi connectivity index (χ2v) is 5.70. The first-order chi connectivity index (χ1) is 11.0. The summed E-state index contributed by atoms with van der Waals surface area (Å²) < 4.78 is 10.9. The topological polar surface area (TPSA) is 47.6 Å². The van der Waals surface area contributed by atoms with Crippen molar-refractivity contribution in [2.45, 2.75) is 6.92 Å². The molecule has 0 bridgehead atoms. The number of carbonyl (C=O) groups excluding carboxylic acids is 1. The Morgan fingerprint density at radius 2 is 1.74 bits per heavy atom. The highest BCUT2D eigenvalue weighted by Gasteiger charge is 2.04. The molecule has 2 aromatic rings. The standard InChI is InChI=1S/C17H17Cl2NO3/c1-12-10-15(6-7-16(12)19)23-11-17(21)20-8-9-22-14-4-2-13(18)3-5-14/h2-7,10H,8-9,11H2,1H3,(H,20,21). The van der Waals surface area contributed by atoms with E-state index in [9.17, 15) is 4.79 Å². The zero-order chi connectivity index (χ0) is 16.7. The van der Waals surface area contributed by atoms with Gasteiger partial charge in [-0.25, -0.2) is 0 Å². The van der Waals surface area contributed by atoms with Gasteiger partial charge in [-0.15, -0.1) is 0 Å². The Labute approximate surface area is 145 Å². The molecule has 0 spiro atoms. The molecule has 1 amide bonds. The van der Waals surface area contributed by atoms with Gasteiger partial charge in [-0.05, 0) is 55.0 Å². The number of ether oxygens (including phenoxy) is 2. The molecule has 0 saturated carbocycles. The molecular formula is C17H17Cl2NO3. The van der Waals surface area contributed by atoms with Gasteiger partial charge < -0.3 is 14.8 Å². The smallest absolute Gasteiger partial charge is 0.258 e. The molecule has 0 aromatic heterocycles. The summed E-state index contributed by atoms with van der Waals surface area (Å²) in [6.45, 7) is 2.59. The Bertz CT molecular complexity index is 659. The Morgan fingerprint density at radius 1 is 1.04 bits per heavy atom. The van der Waals surface area contributed by atoms with Gasteiger partial charge in [0.05, 0.1) is 6.54 Å². The summed E-state index contributed by atoms with van der Waals surface area (Å²) in [6.07, 6.45) is 0. The summed E-state index contributed by atoms with van der Waals surface area (Å²) in [7, 11) is 0. The molecule has 0 aliphatic carbocycles. The highest BCUT2D eigenvalue weighted by molar-refractivity contribution is 6.31. The third-order valence-corrected chi connectivity index (χ3v) is 3.68. The average Bonchev–Trinajstić information content (AvgIpc) is 2.54. The van der Waals surface area contributed by atoms with Crippen LogP contribution in [0.15, 0.2) is 42.5 Å². The predicted molar refractivity (Wildman–Crippen MR) is 91.6 cm³/mol. The number of nitrogens with one attached hydrogen (secondary N) is 1. The van der Waals surface area contributed by atoms with Gasteiger partial charge >= 0.3 is 0 Å². The van der Waals surface area contributed by atoms with E-state index in [1.807, 2.05) is 6.92 Å². The van der Waals surface area contributed by atoms with Crippen LogP contribution in [-0.4, -0.2) is 25.7 Å². The molecular weight excluding hydrogens is 337 g/mol. The van der Waals surface area contributed by atoms with Gasteiger partial charge in [0.2, 0.25) is 0 Å². The van der Waals surface area contributed by atoms with Crippen LogP contribution >= 0.6 is 23.2 Å². The van der Waals surface area contributed by atoms with E-state index in [1.165, 1.54) is 0 Å². The number of carbonyl (C=O) groups is 1. The van der Waals surface area contributed by atoms with Gasteiger partial charge in [0.25, 0.3) is 5.91 Å². The molecule has 0 aliphatic rings. The van der Waals surface area contributed by atoms with Gasteiger partial charge in [0, 0.05) is 10.0 Å². The number of benzene rings is 2. The van der Waals surface area contributed by atoms with Crippen LogP contribution in [0.25, 0.3) is 0 Å². The molecule has 0 radical (unpaired) electrons. The molecule has 0 unspecified atom stereocenters. The van der Waals surface area contributed by atoms with E-state index in [0.717, 1.165) is 5.56 Å². The summed E-state index contributed by atoms with van der Waals surface area (Å²) in [4.78, 5) is 11.7. The molecule has 0 saturated heterocycles. The minimum Gasteiger partial charge on any atom is -0.492 e. The molecule has 0 fully saturated rings. The first-order valence-corrected chi connectivity index (χ1v) is 7.84. The van der Waals surface area contributed by atoms with Crippen LogP contribution in [0.3, 0.4) is 0 Å². The van der Waals surface area contributed by atoms with Crippen LogP contribution in [0.2, 0.25) is 10.0 Å². The van der Waals surface area contributed by atoms with Crippen LogP contribution in [0, 0.1) is 6.92 Å². The van der Waals surface area contributed by atoms with Gasteiger partial charge in [-0.2, -0.15) is 0 Å². The maximum Gasteiger partial charge on any atom is 0.258 e. The minimum absolute atomic E-state index is 0.0536. The number of halogens is 2. The van der Waals surface area contributed by atoms with Crippen molar-refractivity contribution in [2.75, 3.05) is 19.8 Å². The van der Waals surface area contributed by atoms with Gasteiger partial charge in [0.15, 0.2) is 6.61 Å². The van der Waals surface area contributed by atoms with E-state index in [0.29, 0.717) is 34.7 Å². The number of rotatable bonds is 7. The summed E-state index contributed by atoms with van der Waals surface area (Å²) in [5.74, 6) is 1.10. The molecule has 0 heterocycles. The summed E-state index contributed by atoms with van der Waals surface area (Å²) in [5, 5.41) is 4.04. The van der Waals surface area contributed by atoms with E-state index >= 15 is 0 Å². The first kappa shape index (κ1) is 17.4. The van der Waals surface area contributed by atoms with Gasteiger partial charge in [-0.1, -0.05) is 23.2 Å². The lowest BCUT2D eigenvalue weighted by Crippen LogP contribution is -2.32. The van der Waals surface area contributed by atoms with Crippen molar-refractivity contribution in [1.29, 1.82) is 0 Å². The third kappa shape index (κ3) is 6.00. The van der Waals surface area contributed by atoms with Crippen LogP contribution < -0.4 is 14.8 Å². The second-order valence-electron chi connectivity index (χ2n) is 4.85. The molecule has 23 heavy (non-hydrogen) atoms. The maximum atomic E-state index is 11.7. The first-order valence-electron chi connectivity index (χ1n) is 7.08. The number of hydrogen-bond donors (Lipinski definition) is 1. The Balaban J connectivity index is 1.65. The SMILES string of the molecule is Cc1cc(OCC(=O)NCCOc2ccc(Cl)cc2)ccc1Cl. The molecule has 0 atom stereocenters. The number of amides is 1. The van der Waals surface area contributed by atoms with Gasteiger partial charge in [-0.3, -0.25) is 4.79 Å². The fourth-order valence-electron chi connectivity index (χ4n) is 1.80. The molecule has 122 valence electrons. The lowest BCUT2D eigenvalue weighted by Gasteiger charge is -2.09. The number of aryl methyl sites for hydroxylation is 1. The Kier molecular flexibility index (Phi) is 6.56. The zero-order valence-corrected chi connectivity index (χ0v) is 14.2. The monoisotopic (exact) mass is 353 g/mol. The minimum atomic E-state index is -0.211. The van der Waals surface area contributed by atoms with E-state index in [1.54, 1.807) is 42.5 Å². The van der Waals surface area contributed by atoms with Crippen molar-refractivity contribution in [3.63, 3.8) is 0 Å². The van der Waals surface area contributed by atoms with Crippen molar-refractivity contribution in [3.8, 4) is 11.5 Å². The van der Waals surface area contributed by atoms with Gasteiger partial charge in [0.1, 0.15) is 18.1 Å². The predicted octanol–water partition coefficient (Wildman–Crippen LogP) is 3.88. The third-order valence-electron chi connectivity index (χ3n) is 3.01. The van der Waals surface area contributed by atoms with Crippen LogP contribution in [0.4, 0.5) is 0 Å². The van der Waals surface area contributed by atoms with E-state index in [2.05, 4.69) is 5.32 Å². The van der Waals surface area contributed by atoms with Crippen LogP contribution in [-0.2, 0) is 4.79 Å². The normalized spacial score (nSPS) is 10.2.